The first-order chi connectivity index (χ1) is 8.70. The highest BCUT2D eigenvalue weighted by atomic mass is 32.1. The minimum Gasteiger partial charge on any atom is -0.462 e. The minimum absolute atomic E-state index is 0.0878. The van der Waals surface area contributed by atoms with E-state index in [0.717, 1.165) is 27.8 Å². The second-order valence-corrected chi connectivity index (χ2v) is 5.12. The molecule has 96 valence electrons. The van der Waals surface area contributed by atoms with E-state index in [0.29, 0.717) is 13.0 Å². The van der Waals surface area contributed by atoms with E-state index < -0.39 is 0 Å². The first-order valence-electron chi connectivity index (χ1n) is 5.97. The van der Waals surface area contributed by atoms with Gasteiger partial charge in [-0.1, -0.05) is 6.92 Å². The van der Waals surface area contributed by atoms with Crippen LogP contribution in [0.1, 0.15) is 30.3 Å². The lowest BCUT2D eigenvalue weighted by Gasteiger charge is -2.01. The molecule has 0 atom stereocenters. The average molecular weight is 264 g/mol. The Labute approximate surface area is 110 Å². The Bertz CT molecular complexity index is 517. The third-order valence-electron chi connectivity index (χ3n) is 2.55. The van der Waals surface area contributed by atoms with Crippen molar-refractivity contribution in [2.45, 2.75) is 33.2 Å². The number of nitrogens with zero attached hydrogens (tertiary/aromatic N) is 1. The number of aryl methyl sites for hydroxylation is 1. The summed E-state index contributed by atoms with van der Waals surface area (Å²) < 4.78 is 5.31. The molecule has 2 rings (SSSR count). The van der Waals surface area contributed by atoms with Crippen molar-refractivity contribution in [3.8, 4) is 10.8 Å². The summed E-state index contributed by atoms with van der Waals surface area (Å²) in [6, 6.07) is 3.73. The van der Waals surface area contributed by atoms with E-state index in [9.17, 15) is 4.79 Å². The highest BCUT2D eigenvalue weighted by Gasteiger charge is 2.11. The molecule has 0 aliphatic rings. The number of carbonyl (C=O) groups is 1. The number of thiazole rings is 1. The summed E-state index contributed by atoms with van der Waals surface area (Å²) in [6.45, 7) is 4.49. The van der Waals surface area contributed by atoms with Gasteiger partial charge >= 0.3 is 0 Å². The summed E-state index contributed by atoms with van der Waals surface area (Å²) in [5.41, 5.74) is 0.947. The zero-order chi connectivity index (χ0) is 13.0. The zero-order valence-electron chi connectivity index (χ0n) is 10.5. The lowest BCUT2D eigenvalue weighted by molar-refractivity contribution is -0.121. The summed E-state index contributed by atoms with van der Waals surface area (Å²) in [4.78, 5) is 16.9. The quantitative estimate of drug-likeness (QED) is 0.902. The molecule has 2 aromatic rings. The molecule has 0 bridgehead atoms. The van der Waals surface area contributed by atoms with Gasteiger partial charge in [-0.05, 0) is 25.5 Å². The number of furan rings is 1. The molecule has 0 radical (unpaired) electrons. The average Bonchev–Trinajstić information content (AvgIpc) is 2.96. The van der Waals surface area contributed by atoms with Gasteiger partial charge in [-0.15, -0.1) is 11.3 Å². The van der Waals surface area contributed by atoms with Crippen molar-refractivity contribution in [1.82, 2.24) is 10.3 Å². The smallest absolute Gasteiger partial charge is 0.220 e. The minimum atomic E-state index is 0.0878. The molecule has 0 aromatic carbocycles. The van der Waals surface area contributed by atoms with Crippen molar-refractivity contribution in [2.24, 2.45) is 0 Å². The van der Waals surface area contributed by atoms with Crippen molar-refractivity contribution in [2.75, 3.05) is 0 Å². The largest absolute Gasteiger partial charge is 0.462 e. The summed E-state index contributed by atoms with van der Waals surface area (Å²) in [6.07, 6.45) is 3.07. The number of aromatic nitrogens is 1. The normalized spacial score (nSPS) is 10.6. The van der Waals surface area contributed by atoms with E-state index in [-0.39, 0.29) is 5.91 Å². The molecular weight excluding hydrogens is 248 g/mol. The zero-order valence-corrected chi connectivity index (χ0v) is 11.3. The van der Waals surface area contributed by atoms with Crippen LogP contribution in [0.2, 0.25) is 0 Å². The number of hydrogen-bond donors (Lipinski definition) is 1. The van der Waals surface area contributed by atoms with Gasteiger partial charge in [0.2, 0.25) is 5.91 Å². The fraction of sp³-hybridized carbons (Fsp3) is 0.385. The molecule has 2 heterocycles. The molecule has 0 saturated carbocycles. The van der Waals surface area contributed by atoms with Crippen LogP contribution in [0.3, 0.4) is 0 Å². The fourth-order valence-electron chi connectivity index (χ4n) is 1.59. The van der Waals surface area contributed by atoms with Crippen LogP contribution < -0.4 is 5.32 Å². The molecule has 18 heavy (non-hydrogen) atoms. The Kier molecular flexibility index (Phi) is 4.15. The number of carbonyl (C=O) groups excluding carboxylic acids is 1. The monoisotopic (exact) mass is 264 g/mol. The van der Waals surface area contributed by atoms with Gasteiger partial charge in [-0.2, -0.15) is 0 Å². The second kappa shape index (κ2) is 5.82. The van der Waals surface area contributed by atoms with Crippen LogP contribution in [0.5, 0.6) is 0 Å². The van der Waals surface area contributed by atoms with E-state index in [1.54, 1.807) is 17.6 Å². The van der Waals surface area contributed by atoms with Crippen LogP contribution in [0.4, 0.5) is 0 Å². The number of rotatable bonds is 5. The Morgan fingerprint density at radius 1 is 1.56 bits per heavy atom. The van der Waals surface area contributed by atoms with E-state index in [1.807, 2.05) is 26.0 Å². The molecule has 0 aliphatic carbocycles. The van der Waals surface area contributed by atoms with Crippen LogP contribution in [-0.2, 0) is 11.3 Å². The molecule has 5 heteroatoms. The van der Waals surface area contributed by atoms with Crippen molar-refractivity contribution in [3.05, 3.63) is 29.0 Å². The summed E-state index contributed by atoms with van der Waals surface area (Å²) in [7, 11) is 0. The van der Waals surface area contributed by atoms with Gasteiger partial charge in [0.15, 0.2) is 10.8 Å². The van der Waals surface area contributed by atoms with Crippen LogP contribution in [-0.4, -0.2) is 10.9 Å². The molecule has 2 aromatic heterocycles. The van der Waals surface area contributed by atoms with Crippen LogP contribution in [0, 0.1) is 6.92 Å². The van der Waals surface area contributed by atoms with Crippen molar-refractivity contribution >= 4 is 17.2 Å². The number of hydrogen-bond acceptors (Lipinski definition) is 4. The highest BCUT2D eigenvalue weighted by Crippen LogP contribution is 2.27. The summed E-state index contributed by atoms with van der Waals surface area (Å²) in [5, 5.41) is 3.76. The molecule has 0 aliphatic heterocycles. The maximum Gasteiger partial charge on any atom is 0.220 e. The molecule has 1 amide bonds. The van der Waals surface area contributed by atoms with Crippen molar-refractivity contribution in [1.29, 1.82) is 0 Å². The summed E-state index contributed by atoms with van der Waals surface area (Å²) >= 11 is 1.56. The lowest BCUT2D eigenvalue weighted by Crippen LogP contribution is -2.21. The SMILES string of the molecule is CCCC(=O)NCc1sc(-c2ccco2)nc1C. The Hall–Kier alpha value is -1.62. The van der Waals surface area contributed by atoms with Gasteiger partial charge in [-0.3, -0.25) is 4.79 Å². The number of nitrogens with one attached hydrogen (secondary N) is 1. The molecular formula is C13H16N2O2S. The lowest BCUT2D eigenvalue weighted by atomic mass is 10.3. The standard InChI is InChI=1S/C13H16N2O2S/c1-3-5-12(16)14-8-11-9(2)15-13(18-11)10-6-4-7-17-10/h4,6-7H,3,5,8H2,1-2H3,(H,14,16). The van der Waals surface area contributed by atoms with E-state index >= 15 is 0 Å². The van der Waals surface area contributed by atoms with E-state index in [2.05, 4.69) is 10.3 Å². The first kappa shape index (κ1) is 12.8. The predicted molar refractivity (Wildman–Crippen MR) is 71.3 cm³/mol. The maximum absolute atomic E-state index is 11.4. The van der Waals surface area contributed by atoms with Gasteiger partial charge in [0.1, 0.15) is 0 Å². The molecule has 0 unspecified atom stereocenters. The summed E-state index contributed by atoms with van der Waals surface area (Å²) in [5.74, 6) is 0.860. The maximum atomic E-state index is 11.4. The van der Waals surface area contributed by atoms with Gasteiger partial charge in [-0.25, -0.2) is 4.98 Å². The Morgan fingerprint density at radius 3 is 3.06 bits per heavy atom. The Morgan fingerprint density at radius 2 is 2.39 bits per heavy atom. The van der Waals surface area contributed by atoms with Crippen LogP contribution in [0.25, 0.3) is 10.8 Å². The third kappa shape index (κ3) is 2.98. The molecule has 0 saturated heterocycles. The van der Waals surface area contributed by atoms with Crippen molar-refractivity contribution in [3.63, 3.8) is 0 Å². The molecule has 0 fully saturated rings. The fourth-order valence-corrected chi connectivity index (χ4v) is 2.56. The van der Waals surface area contributed by atoms with Gasteiger partial charge in [0, 0.05) is 11.3 Å². The van der Waals surface area contributed by atoms with Gasteiger partial charge < -0.3 is 9.73 Å². The van der Waals surface area contributed by atoms with Crippen molar-refractivity contribution < 1.29 is 9.21 Å². The molecule has 1 N–H and O–H groups in total. The predicted octanol–water partition coefficient (Wildman–Crippen LogP) is 3.13. The topological polar surface area (TPSA) is 55.1 Å². The third-order valence-corrected chi connectivity index (χ3v) is 3.72. The first-order valence-corrected chi connectivity index (χ1v) is 6.79. The highest BCUT2D eigenvalue weighted by molar-refractivity contribution is 7.15. The van der Waals surface area contributed by atoms with E-state index in [4.69, 9.17) is 4.42 Å². The van der Waals surface area contributed by atoms with Crippen LogP contribution >= 0.6 is 11.3 Å². The van der Waals surface area contributed by atoms with Gasteiger partial charge in [0.25, 0.3) is 0 Å². The number of amides is 1. The molecule has 0 spiro atoms. The molecule has 4 nitrogen and oxygen atoms in total. The van der Waals surface area contributed by atoms with Gasteiger partial charge in [0.05, 0.1) is 18.5 Å². The van der Waals surface area contributed by atoms with Crippen LogP contribution in [0.15, 0.2) is 22.8 Å². The second-order valence-electron chi connectivity index (χ2n) is 4.03. The Balaban J connectivity index is 2.04. The van der Waals surface area contributed by atoms with E-state index in [1.165, 1.54) is 0 Å².